The van der Waals surface area contributed by atoms with Gasteiger partial charge in [-0.1, -0.05) is 56.9 Å². The van der Waals surface area contributed by atoms with Gasteiger partial charge in [0.1, 0.15) is 0 Å². The topological polar surface area (TPSA) is 9.23 Å². The Morgan fingerprint density at radius 3 is 2.09 bits per heavy atom. The van der Waals surface area contributed by atoms with Gasteiger partial charge in [0.15, 0.2) is 17.5 Å². The van der Waals surface area contributed by atoms with Gasteiger partial charge in [-0.05, 0) is 67.7 Å². The van der Waals surface area contributed by atoms with Crippen molar-refractivity contribution in [3.05, 3.63) is 70.5 Å². The number of benzene rings is 2. The van der Waals surface area contributed by atoms with Gasteiger partial charge in [-0.3, -0.25) is 0 Å². The van der Waals surface area contributed by atoms with Gasteiger partial charge in [0, 0.05) is 0 Å². The summed E-state index contributed by atoms with van der Waals surface area (Å²) in [6.45, 7) is 3.45. The molecule has 1 saturated carbocycles. The average Bonchev–Trinajstić information content (AvgIpc) is 2.77. The molecule has 0 saturated heterocycles. The SMILES string of the molecule is CCCCCC1CCC(c2ccc(C(F)(F)OC(C)c3cc(F)c(F)c(F)c3)cc2)CC1. The molecule has 1 nitrogen and oxygen atoms in total. The third kappa shape index (κ3) is 6.09. The Morgan fingerprint density at radius 2 is 1.53 bits per heavy atom. The van der Waals surface area contributed by atoms with E-state index in [0.29, 0.717) is 18.1 Å². The quantitative estimate of drug-likeness (QED) is 0.209. The molecule has 0 amide bonds. The van der Waals surface area contributed by atoms with Crippen molar-refractivity contribution >= 4 is 0 Å². The maximum atomic E-state index is 14.7. The molecule has 0 aliphatic heterocycles. The van der Waals surface area contributed by atoms with Gasteiger partial charge < -0.3 is 4.74 Å². The van der Waals surface area contributed by atoms with E-state index in [-0.39, 0.29) is 11.1 Å². The van der Waals surface area contributed by atoms with Crippen molar-refractivity contribution in [2.24, 2.45) is 5.92 Å². The maximum absolute atomic E-state index is 14.7. The summed E-state index contributed by atoms with van der Waals surface area (Å²) >= 11 is 0. The fourth-order valence-electron chi connectivity index (χ4n) is 4.58. The Balaban J connectivity index is 1.60. The van der Waals surface area contributed by atoms with E-state index in [9.17, 15) is 22.0 Å². The third-order valence-electron chi connectivity index (χ3n) is 6.58. The number of hydrogen-bond donors (Lipinski definition) is 0. The highest BCUT2D eigenvalue weighted by Crippen LogP contribution is 2.40. The van der Waals surface area contributed by atoms with Gasteiger partial charge >= 0.3 is 6.11 Å². The number of hydrogen-bond acceptors (Lipinski definition) is 1. The summed E-state index contributed by atoms with van der Waals surface area (Å²) in [6, 6.07) is 7.47. The molecular weight excluding hydrogens is 423 g/mol. The van der Waals surface area contributed by atoms with Gasteiger partial charge in [0.05, 0.1) is 11.7 Å². The first-order chi connectivity index (χ1) is 15.2. The lowest BCUT2D eigenvalue weighted by Gasteiger charge is -2.29. The molecule has 2 aromatic rings. The minimum atomic E-state index is -3.66. The van der Waals surface area contributed by atoms with E-state index < -0.39 is 29.7 Å². The van der Waals surface area contributed by atoms with Gasteiger partial charge in [-0.15, -0.1) is 0 Å². The standard InChI is InChI=1S/C26H31F5O/c1-3-4-5-6-18-7-9-19(10-8-18)20-11-13-22(14-12-20)26(30,31)32-17(2)21-15-23(27)25(29)24(28)16-21/h11-19H,3-10H2,1-2H3. The van der Waals surface area contributed by atoms with E-state index >= 15 is 0 Å². The number of ether oxygens (including phenoxy) is 1. The molecule has 1 aliphatic carbocycles. The minimum absolute atomic E-state index is 0.201. The van der Waals surface area contributed by atoms with E-state index in [1.165, 1.54) is 57.6 Å². The Hall–Kier alpha value is -1.95. The highest BCUT2D eigenvalue weighted by atomic mass is 19.3. The van der Waals surface area contributed by atoms with Crippen LogP contribution in [-0.2, 0) is 10.8 Å². The number of rotatable bonds is 9. The van der Waals surface area contributed by atoms with Crippen LogP contribution in [0.5, 0.6) is 0 Å². The van der Waals surface area contributed by atoms with Gasteiger partial charge in [-0.2, -0.15) is 8.78 Å². The number of alkyl halides is 2. The van der Waals surface area contributed by atoms with E-state index in [0.717, 1.165) is 24.3 Å². The average molecular weight is 455 g/mol. The molecule has 1 aliphatic rings. The summed E-state index contributed by atoms with van der Waals surface area (Å²) in [5.41, 5.74) is 0.519. The van der Waals surface area contributed by atoms with Crippen molar-refractivity contribution < 1.29 is 26.7 Å². The van der Waals surface area contributed by atoms with Gasteiger partial charge in [-0.25, -0.2) is 13.2 Å². The van der Waals surface area contributed by atoms with E-state index in [4.69, 9.17) is 4.74 Å². The Labute approximate surface area is 187 Å². The molecule has 3 rings (SSSR count). The second-order valence-electron chi connectivity index (χ2n) is 8.91. The van der Waals surface area contributed by atoms with Crippen LogP contribution in [0.15, 0.2) is 36.4 Å². The predicted molar refractivity (Wildman–Crippen MR) is 115 cm³/mol. The van der Waals surface area contributed by atoms with Crippen molar-refractivity contribution in [1.82, 2.24) is 0 Å². The van der Waals surface area contributed by atoms with Crippen molar-refractivity contribution in [3.8, 4) is 0 Å². The fourth-order valence-corrected chi connectivity index (χ4v) is 4.58. The Kier molecular flexibility index (Phi) is 8.32. The molecular formula is C26H31F5O. The third-order valence-corrected chi connectivity index (χ3v) is 6.58. The molecule has 0 aromatic heterocycles. The fraction of sp³-hybridized carbons (Fsp3) is 0.538. The first-order valence-corrected chi connectivity index (χ1v) is 11.5. The smallest absolute Gasteiger partial charge is 0.309 e. The van der Waals surface area contributed by atoms with Crippen molar-refractivity contribution in [1.29, 1.82) is 0 Å². The second kappa shape index (κ2) is 10.8. The zero-order valence-corrected chi connectivity index (χ0v) is 18.7. The number of unbranched alkanes of at least 4 members (excludes halogenated alkanes) is 2. The summed E-state index contributed by atoms with van der Waals surface area (Å²) < 4.78 is 74.1. The molecule has 0 radical (unpaired) electrons. The molecule has 6 heteroatoms. The normalized spacial score (nSPS) is 20.3. The molecule has 0 N–H and O–H groups in total. The largest absolute Gasteiger partial charge is 0.383 e. The molecule has 2 aromatic carbocycles. The molecule has 1 fully saturated rings. The molecule has 1 unspecified atom stereocenters. The van der Waals surface area contributed by atoms with E-state index in [1.807, 2.05) is 0 Å². The minimum Gasteiger partial charge on any atom is -0.309 e. The molecule has 32 heavy (non-hydrogen) atoms. The highest BCUT2D eigenvalue weighted by molar-refractivity contribution is 5.28. The van der Waals surface area contributed by atoms with Gasteiger partial charge in [0.2, 0.25) is 0 Å². The van der Waals surface area contributed by atoms with Crippen LogP contribution < -0.4 is 0 Å². The predicted octanol–water partition coefficient (Wildman–Crippen LogP) is 8.79. The van der Waals surface area contributed by atoms with Crippen molar-refractivity contribution in [2.45, 2.75) is 83.3 Å². The summed E-state index contributed by atoms with van der Waals surface area (Å²) in [7, 11) is 0. The van der Waals surface area contributed by atoms with Crippen LogP contribution in [0.2, 0.25) is 0 Å². The molecule has 1 atom stereocenters. The zero-order chi connectivity index (χ0) is 23.3. The molecule has 0 spiro atoms. The first-order valence-electron chi connectivity index (χ1n) is 11.5. The molecule has 0 bridgehead atoms. The van der Waals surface area contributed by atoms with Gasteiger partial charge in [0.25, 0.3) is 0 Å². The summed E-state index contributed by atoms with van der Waals surface area (Å²) in [5.74, 6) is -3.37. The van der Waals surface area contributed by atoms with Crippen molar-refractivity contribution in [3.63, 3.8) is 0 Å². The van der Waals surface area contributed by atoms with Crippen LogP contribution >= 0.6 is 0 Å². The lowest BCUT2D eigenvalue weighted by molar-refractivity contribution is -0.272. The molecule has 176 valence electrons. The first kappa shape index (κ1) is 24.7. The van der Waals surface area contributed by atoms with E-state index in [1.54, 1.807) is 12.1 Å². The summed E-state index contributed by atoms with van der Waals surface area (Å²) in [6.07, 6.45) is 4.58. The molecule has 0 heterocycles. The van der Waals surface area contributed by atoms with E-state index in [2.05, 4.69) is 6.92 Å². The van der Waals surface area contributed by atoms with Crippen LogP contribution in [0.1, 0.15) is 93.9 Å². The van der Waals surface area contributed by atoms with Crippen molar-refractivity contribution in [2.75, 3.05) is 0 Å². The maximum Gasteiger partial charge on any atom is 0.383 e. The lowest BCUT2D eigenvalue weighted by Crippen LogP contribution is -2.21. The monoisotopic (exact) mass is 454 g/mol. The highest BCUT2D eigenvalue weighted by Gasteiger charge is 2.36. The Bertz CT molecular complexity index is 849. The van der Waals surface area contributed by atoms with Crippen LogP contribution in [0.25, 0.3) is 0 Å². The zero-order valence-electron chi connectivity index (χ0n) is 18.7. The summed E-state index contributed by atoms with van der Waals surface area (Å²) in [5, 5.41) is 0. The van der Waals surface area contributed by atoms with Crippen LogP contribution in [0.3, 0.4) is 0 Å². The number of halogens is 5. The second-order valence-corrected chi connectivity index (χ2v) is 8.91. The van der Waals surface area contributed by atoms with Crippen LogP contribution in [0.4, 0.5) is 22.0 Å². The van der Waals surface area contributed by atoms with Crippen LogP contribution in [-0.4, -0.2) is 0 Å². The lowest BCUT2D eigenvalue weighted by atomic mass is 9.77. The Morgan fingerprint density at radius 1 is 0.938 bits per heavy atom. The summed E-state index contributed by atoms with van der Waals surface area (Å²) in [4.78, 5) is 0. The van der Waals surface area contributed by atoms with Crippen LogP contribution in [0, 0.1) is 23.4 Å².